The fourth-order valence-electron chi connectivity index (χ4n) is 2.95. The van der Waals surface area contributed by atoms with E-state index in [4.69, 9.17) is 9.47 Å². The molecule has 160 valence electrons. The molecular formula is C20H28N2O7. The number of likely N-dealkylation sites (N-methyl/N-ethyl adjacent to an activating group) is 1. The van der Waals surface area contributed by atoms with Gasteiger partial charge in [-0.1, -0.05) is 19.8 Å². The van der Waals surface area contributed by atoms with Gasteiger partial charge in [0.15, 0.2) is 6.29 Å². The van der Waals surface area contributed by atoms with Crippen LogP contribution in [0.1, 0.15) is 56.3 Å². The van der Waals surface area contributed by atoms with Crippen LogP contribution in [0.3, 0.4) is 0 Å². The van der Waals surface area contributed by atoms with Crippen LogP contribution in [0.5, 0.6) is 5.75 Å². The highest BCUT2D eigenvalue weighted by molar-refractivity contribution is 5.84. The van der Waals surface area contributed by atoms with Crippen molar-refractivity contribution in [3.63, 3.8) is 0 Å². The van der Waals surface area contributed by atoms with E-state index in [1.54, 1.807) is 0 Å². The van der Waals surface area contributed by atoms with Crippen LogP contribution in [0.2, 0.25) is 0 Å². The zero-order chi connectivity index (χ0) is 21.8. The number of nitro groups is 1. The van der Waals surface area contributed by atoms with Gasteiger partial charge in [-0.05, 0) is 31.9 Å². The Bertz CT molecular complexity index is 721. The van der Waals surface area contributed by atoms with E-state index < -0.39 is 16.9 Å². The highest BCUT2D eigenvalue weighted by atomic mass is 16.6. The number of carbonyl (C=O) groups is 3. The summed E-state index contributed by atoms with van der Waals surface area (Å²) in [6.07, 6.45) is 3.25. The molecule has 0 radical (unpaired) electrons. The molecule has 1 rings (SSSR count). The number of carbonyl (C=O) groups excluding carboxylic acids is 3. The molecule has 0 aliphatic rings. The Morgan fingerprint density at radius 1 is 1.28 bits per heavy atom. The topological polar surface area (TPSA) is 116 Å². The average Bonchev–Trinajstić information content (AvgIpc) is 2.73. The van der Waals surface area contributed by atoms with Crippen LogP contribution in [-0.2, 0) is 14.3 Å². The predicted molar refractivity (Wildman–Crippen MR) is 106 cm³/mol. The molecule has 1 amide bonds. The Morgan fingerprint density at radius 2 is 2.00 bits per heavy atom. The minimum absolute atomic E-state index is 0.0717. The molecule has 1 aromatic carbocycles. The lowest BCUT2D eigenvalue weighted by atomic mass is 10.1. The smallest absolute Gasteiger partial charge is 0.328 e. The van der Waals surface area contributed by atoms with E-state index in [-0.39, 0.29) is 30.2 Å². The molecule has 0 heterocycles. The lowest BCUT2D eigenvalue weighted by Gasteiger charge is -2.29. The van der Waals surface area contributed by atoms with Gasteiger partial charge >= 0.3 is 5.97 Å². The van der Waals surface area contributed by atoms with Crippen molar-refractivity contribution in [2.45, 2.75) is 52.0 Å². The van der Waals surface area contributed by atoms with Crippen molar-refractivity contribution in [3.8, 4) is 5.75 Å². The van der Waals surface area contributed by atoms with Gasteiger partial charge in [0.2, 0.25) is 5.91 Å². The highest BCUT2D eigenvalue weighted by Crippen LogP contribution is 2.23. The molecule has 1 aromatic rings. The molecular weight excluding hydrogens is 380 g/mol. The zero-order valence-corrected chi connectivity index (χ0v) is 17.1. The summed E-state index contributed by atoms with van der Waals surface area (Å²) in [5.74, 6) is -0.273. The van der Waals surface area contributed by atoms with Gasteiger partial charge in [0.1, 0.15) is 11.8 Å². The van der Waals surface area contributed by atoms with E-state index in [0.717, 1.165) is 12.8 Å². The number of nitro benzene ring substituents is 1. The number of ether oxygens (including phenoxy) is 2. The second-order valence-corrected chi connectivity index (χ2v) is 6.41. The molecule has 0 bridgehead atoms. The number of hydrogen-bond donors (Lipinski definition) is 0. The average molecular weight is 408 g/mol. The second-order valence-electron chi connectivity index (χ2n) is 6.41. The highest BCUT2D eigenvalue weighted by Gasteiger charge is 2.28. The van der Waals surface area contributed by atoms with E-state index in [1.807, 2.05) is 13.8 Å². The quantitative estimate of drug-likeness (QED) is 0.162. The van der Waals surface area contributed by atoms with Gasteiger partial charge in [0.25, 0.3) is 5.69 Å². The summed E-state index contributed by atoms with van der Waals surface area (Å²) in [6, 6.07) is 3.31. The first-order valence-electron chi connectivity index (χ1n) is 9.63. The van der Waals surface area contributed by atoms with Gasteiger partial charge < -0.3 is 14.4 Å². The molecule has 0 spiro atoms. The van der Waals surface area contributed by atoms with Crippen LogP contribution in [0, 0.1) is 10.1 Å². The summed E-state index contributed by atoms with van der Waals surface area (Å²) >= 11 is 0. The Kier molecular flexibility index (Phi) is 10.4. The normalized spacial score (nSPS) is 11.4. The SMILES string of the molecule is CCCCC(C(=O)OC)N(CC)C(=O)CCCOc1ccc([N+](=O)[O-])c(C=O)c1. The second kappa shape index (κ2) is 12.5. The Hall–Kier alpha value is -2.97. The van der Waals surface area contributed by atoms with Crippen LogP contribution in [-0.4, -0.2) is 54.3 Å². The van der Waals surface area contributed by atoms with E-state index in [2.05, 4.69) is 0 Å². The summed E-state index contributed by atoms with van der Waals surface area (Å²) in [4.78, 5) is 47.3. The predicted octanol–water partition coefficient (Wildman–Crippen LogP) is 3.15. The number of amides is 1. The number of benzene rings is 1. The standard InChI is InChI=1S/C20H28N2O7/c1-4-6-8-18(20(25)28-3)21(5-2)19(24)9-7-12-29-16-10-11-17(22(26)27)15(13-16)14-23/h10-11,13-14,18H,4-9,12H2,1-3H3. The number of esters is 1. The summed E-state index contributed by atoms with van der Waals surface area (Å²) in [5, 5.41) is 10.8. The number of aldehydes is 1. The largest absolute Gasteiger partial charge is 0.494 e. The molecule has 1 unspecified atom stereocenters. The molecule has 0 aliphatic carbocycles. The van der Waals surface area contributed by atoms with Gasteiger partial charge in [-0.15, -0.1) is 0 Å². The Labute approximate surface area is 170 Å². The molecule has 1 atom stereocenters. The van der Waals surface area contributed by atoms with Gasteiger partial charge in [-0.25, -0.2) is 4.79 Å². The minimum atomic E-state index is -0.637. The van der Waals surface area contributed by atoms with Crippen molar-refractivity contribution in [2.24, 2.45) is 0 Å². The van der Waals surface area contributed by atoms with Gasteiger partial charge in [-0.2, -0.15) is 0 Å². The van der Waals surface area contributed by atoms with E-state index >= 15 is 0 Å². The Balaban J connectivity index is 2.63. The molecule has 0 aliphatic heterocycles. The molecule has 9 nitrogen and oxygen atoms in total. The van der Waals surface area contributed by atoms with Crippen LogP contribution < -0.4 is 4.74 Å². The first-order chi connectivity index (χ1) is 13.9. The van der Waals surface area contributed by atoms with E-state index in [1.165, 1.54) is 30.2 Å². The zero-order valence-electron chi connectivity index (χ0n) is 17.1. The molecule has 0 fully saturated rings. The van der Waals surface area contributed by atoms with Gasteiger partial charge in [0.05, 0.1) is 24.2 Å². The van der Waals surface area contributed by atoms with Crippen LogP contribution in [0.4, 0.5) is 5.69 Å². The van der Waals surface area contributed by atoms with Crippen molar-refractivity contribution in [1.29, 1.82) is 0 Å². The van der Waals surface area contributed by atoms with E-state index in [0.29, 0.717) is 31.4 Å². The monoisotopic (exact) mass is 408 g/mol. The van der Waals surface area contributed by atoms with Crippen molar-refractivity contribution in [3.05, 3.63) is 33.9 Å². The number of methoxy groups -OCH3 is 1. The number of unbranched alkanes of at least 4 members (excludes halogenated alkanes) is 1. The summed E-state index contributed by atoms with van der Waals surface area (Å²) in [5.41, 5.74) is -0.361. The maximum atomic E-state index is 12.6. The van der Waals surface area contributed by atoms with Gasteiger partial charge in [0, 0.05) is 19.0 Å². The third-order valence-electron chi connectivity index (χ3n) is 4.47. The first kappa shape index (κ1) is 24.1. The van der Waals surface area contributed by atoms with Crippen LogP contribution >= 0.6 is 0 Å². The van der Waals surface area contributed by atoms with Crippen LogP contribution in [0.15, 0.2) is 18.2 Å². The summed E-state index contributed by atoms with van der Waals surface area (Å²) in [7, 11) is 1.31. The molecule has 0 saturated carbocycles. The first-order valence-corrected chi connectivity index (χ1v) is 9.63. The molecule has 0 saturated heterocycles. The molecule has 0 N–H and O–H groups in total. The lowest BCUT2D eigenvalue weighted by Crippen LogP contribution is -2.45. The number of rotatable bonds is 13. The third-order valence-corrected chi connectivity index (χ3v) is 4.47. The number of hydrogen-bond acceptors (Lipinski definition) is 7. The summed E-state index contributed by atoms with van der Waals surface area (Å²) < 4.78 is 10.3. The lowest BCUT2D eigenvalue weighted by molar-refractivity contribution is -0.385. The fourth-order valence-corrected chi connectivity index (χ4v) is 2.95. The van der Waals surface area contributed by atoms with Crippen LogP contribution in [0.25, 0.3) is 0 Å². The molecule has 0 aromatic heterocycles. The number of nitrogens with zero attached hydrogens (tertiary/aromatic N) is 2. The minimum Gasteiger partial charge on any atom is -0.494 e. The van der Waals surface area contributed by atoms with Crippen molar-refractivity contribution in [2.75, 3.05) is 20.3 Å². The van der Waals surface area contributed by atoms with Gasteiger partial charge in [-0.3, -0.25) is 19.7 Å². The Morgan fingerprint density at radius 3 is 2.55 bits per heavy atom. The molecule has 9 heteroatoms. The van der Waals surface area contributed by atoms with E-state index in [9.17, 15) is 24.5 Å². The maximum Gasteiger partial charge on any atom is 0.328 e. The van der Waals surface area contributed by atoms with Crippen molar-refractivity contribution in [1.82, 2.24) is 4.90 Å². The third kappa shape index (κ3) is 7.17. The summed E-state index contributed by atoms with van der Waals surface area (Å²) in [6.45, 7) is 4.41. The molecule has 29 heavy (non-hydrogen) atoms. The maximum absolute atomic E-state index is 12.6. The van der Waals surface area contributed by atoms with Crippen molar-refractivity contribution >= 4 is 23.9 Å². The fraction of sp³-hybridized carbons (Fsp3) is 0.550. The van der Waals surface area contributed by atoms with Crippen molar-refractivity contribution < 1.29 is 28.8 Å².